The molecular weight excluding hydrogens is 280 g/mol. The number of anilines is 1. The summed E-state index contributed by atoms with van der Waals surface area (Å²) in [5, 5.41) is 0.866. The van der Waals surface area contributed by atoms with Crippen LogP contribution in [0.2, 0.25) is 5.02 Å². The van der Waals surface area contributed by atoms with Crippen molar-refractivity contribution >= 4 is 17.3 Å². The van der Waals surface area contributed by atoms with E-state index < -0.39 is 0 Å². The summed E-state index contributed by atoms with van der Waals surface area (Å²) in [6.45, 7) is 11.3. The predicted octanol–water partition coefficient (Wildman–Crippen LogP) is 4.49. The average molecular weight is 309 g/mol. The molecule has 2 N–H and O–H groups in total. The highest BCUT2D eigenvalue weighted by Gasteiger charge is 2.32. The molecule has 1 saturated heterocycles. The Morgan fingerprint density at radius 1 is 1.38 bits per heavy atom. The third-order valence-corrected chi connectivity index (χ3v) is 5.09. The van der Waals surface area contributed by atoms with Gasteiger partial charge in [-0.3, -0.25) is 0 Å². The van der Waals surface area contributed by atoms with E-state index in [0.717, 1.165) is 36.9 Å². The Morgan fingerprint density at radius 2 is 2.10 bits per heavy atom. The minimum atomic E-state index is 0.226. The van der Waals surface area contributed by atoms with Crippen LogP contribution in [0, 0.1) is 11.3 Å². The summed E-state index contributed by atoms with van der Waals surface area (Å²) in [6.07, 6.45) is 3.15. The molecule has 1 aliphatic rings. The van der Waals surface area contributed by atoms with Crippen LogP contribution in [0.1, 0.15) is 46.1 Å². The van der Waals surface area contributed by atoms with Crippen molar-refractivity contribution in [2.45, 2.75) is 53.0 Å². The van der Waals surface area contributed by atoms with Crippen molar-refractivity contribution in [1.29, 1.82) is 0 Å². The SMILES string of the molecule is CCC(N)Cc1ccc(N2CCC(C(C)(C)C)C2)c(Cl)c1. The smallest absolute Gasteiger partial charge is 0.0642 e. The Bertz CT molecular complexity index is 479. The number of nitrogens with two attached hydrogens (primary N) is 1. The van der Waals surface area contributed by atoms with Gasteiger partial charge < -0.3 is 10.6 Å². The Hall–Kier alpha value is -0.730. The number of benzene rings is 1. The maximum Gasteiger partial charge on any atom is 0.0642 e. The minimum Gasteiger partial charge on any atom is -0.370 e. The van der Waals surface area contributed by atoms with Crippen molar-refractivity contribution in [2.24, 2.45) is 17.1 Å². The van der Waals surface area contributed by atoms with Gasteiger partial charge in [-0.15, -0.1) is 0 Å². The van der Waals surface area contributed by atoms with Crippen LogP contribution in [0.15, 0.2) is 18.2 Å². The van der Waals surface area contributed by atoms with E-state index in [2.05, 4.69) is 50.8 Å². The molecule has 1 aromatic carbocycles. The Balaban J connectivity index is 2.08. The monoisotopic (exact) mass is 308 g/mol. The molecule has 0 aliphatic carbocycles. The summed E-state index contributed by atoms with van der Waals surface area (Å²) < 4.78 is 0. The quantitative estimate of drug-likeness (QED) is 0.888. The standard InChI is InChI=1S/C18H29ClN2/c1-5-15(20)10-13-6-7-17(16(19)11-13)21-9-8-14(12-21)18(2,3)4/h6-7,11,14-15H,5,8-10,12,20H2,1-4H3. The summed E-state index contributed by atoms with van der Waals surface area (Å²) in [4.78, 5) is 2.43. The number of hydrogen-bond donors (Lipinski definition) is 1. The minimum absolute atomic E-state index is 0.226. The van der Waals surface area contributed by atoms with Crippen LogP contribution in [0.25, 0.3) is 0 Å². The Morgan fingerprint density at radius 3 is 2.62 bits per heavy atom. The molecular formula is C18H29ClN2. The number of rotatable bonds is 4. The van der Waals surface area contributed by atoms with Gasteiger partial charge in [-0.1, -0.05) is 45.4 Å². The first-order chi connectivity index (χ1) is 9.81. The second kappa shape index (κ2) is 6.58. The first kappa shape index (κ1) is 16.6. The molecule has 118 valence electrons. The van der Waals surface area contributed by atoms with Gasteiger partial charge in [0, 0.05) is 19.1 Å². The first-order valence-electron chi connectivity index (χ1n) is 8.10. The third kappa shape index (κ3) is 4.14. The molecule has 1 aliphatic heterocycles. The molecule has 0 saturated carbocycles. The normalized spacial score (nSPS) is 20.9. The van der Waals surface area contributed by atoms with Crippen molar-refractivity contribution in [2.75, 3.05) is 18.0 Å². The van der Waals surface area contributed by atoms with E-state index in [0.29, 0.717) is 5.41 Å². The van der Waals surface area contributed by atoms with Crippen LogP contribution < -0.4 is 10.6 Å². The van der Waals surface area contributed by atoms with Crippen LogP contribution in [0.4, 0.5) is 5.69 Å². The lowest BCUT2D eigenvalue weighted by atomic mass is 9.80. The zero-order valence-electron chi connectivity index (χ0n) is 13.8. The van der Waals surface area contributed by atoms with Crippen LogP contribution in [-0.2, 0) is 6.42 Å². The highest BCUT2D eigenvalue weighted by Crippen LogP contribution is 2.38. The molecule has 0 radical (unpaired) electrons. The summed E-state index contributed by atoms with van der Waals surface area (Å²) in [5.41, 5.74) is 8.82. The van der Waals surface area contributed by atoms with Crippen molar-refractivity contribution in [3.8, 4) is 0 Å². The maximum atomic E-state index is 6.52. The Kier molecular flexibility index (Phi) is 5.21. The van der Waals surface area contributed by atoms with Crippen molar-refractivity contribution < 1.29 is 0 Å². The lowest BCUT2D eigenvalue weighted by Crippen LogP contribution is -2.26. The van der Waals surface area contributed by atoms with Crippen LogP contribution >= 0.6 is 11.6 Å². The largest absolute Gasteiger partial charge is 0.370 e. The molecule has 0 bridgehead atoms. The fourth-order valence-electron chi connectivity index (χ4n) is 3.07. The first-order valence-corrected chi connectivity index (χ1v) is 8.48. The van der Waals surface area contributed by atoms with E-state index in [1.165, 1.54) is 17.7 Å². The molecule has 2 unspecified atom stereocenters. The molecule has 1 heterocycles. The number of nitrogens with zero attached hydrogens (tertiary/aromatic N) is 1. The molecule has 0 spiro atoms. The van der Waals surface area contributed by atoms with Crippen LogP contribution in [0.5, 0.6) is 0 Å². The fourth-order valence-corrected chi connectivity index (χ4v) is 3.39. The van der Waals surface area contributed by atoms with E-state index in [1.807, 2.05) is 0 Å². The van der Waals surface area contributed by atoms with Gasteiger partial charge in [-0.05, 0) is 48.3 Å². The molecule has 2 atom stereocenters. The molecule has 3 heteroatoms. The molecule has 0 amide bonds. The predicted molar refractivity (Wildman–Crippen MR) is 93.2 cm³/mol. The van der Waals surface area contributed by atoms with Crippen molar-refractivity contribution in [3.63, 3.8) is 0 Å². The van der Waals surface area contributed by atoms with E-state index >= 15 is 0 Å². The van der Waals surface area contributed by atoms with Crippen LogP contribution in [0.3, 0.4) is 0 Å². The molecule has 21 heavy (non-hydrogen) atoms. The lowest BCUT2D eigenvalue weighted by Gasteiger charge is -2.28. The summed E-state index contributed by atoms with van der Waals surface area (Å²) in [6, 6.07) is 6.67. The average Bonchev–Trinajstić information content (AvgIpc) is 2.88. The summed E-state index contributed by atoms with van der Waals surface area (Å²) in [7, 11) is 0. The molecule has 0 aromatic heterocycles. The second-order valence-corrected chi connectivity index (χ2v) is 7.86. The highest BCUT2D eigenvalue weighted by molar-refractivity contribution is 6.33. The Labute approximate surface area is 134 Å². The maximum absolute atomic E-state index is 6.52. The van der Waals surface area contributed by atoms with Gasteiger partial charge in [0.15, 0.2) is 0 Å². The van der Waals surface area contributed by atoms with E-state index in [9.17, 15) is 0 Å². The van der Waals surface area contributed by atoms with E-state index in [-0.39, 0.29) is 6.04 Å². The number of halogens is 1. The lowest BCUT2D eigenvalue weighted by molar-refractivity contribution is 0.263. The number of hydrogen-bond acceptors (Lipinski definition) is 2. The molecule has 2 nitrogen and oxygen atoms in total. The molecule has 1 fully saturated rings. The van der Waals surface area contributed by atoms with Crippen LogP contribution in [-0.4, -0.2) is 19.1 Å². The third-order valence-electron chi connectivity index (χ3n) is 4.79. The zero-order valence-corrected chi connectivity index (χ0v) is 14.6. The van der Waals surface area contributed by atoms with E-state index in [1.54, 1.807) is 0 Å². The van der Waals surface area contributed by atoms with Crippen molar-refractivity contribution in [1.82, 2.24) is 0 Å². The van der Waals surface area contributed by atoms with Gasteiger partial charge in [0.25, 0.3) is 0 Å². The summed E-state index contributed by atoms with van der Waals surface area (Å²) in [5.74, 6) is 0.738. The van der Waals surface area contributed by atoms with Gasteiger partial charge in [-0.25, -0.2) is 0 Å². The van der Waals surface area contributed by atoms with Crippen molar-refractivity contribution in [3.05, 3.63) is 28.8 Å². The van der Waals surface area contributed by atoms with Gasteiger partial charge in [0.05, 0.1) is 10.7 Å². The van der Waals surface area contributed by atoms with Gasteiger partial charge in [-0.2, -0.15) is 0 Å². The second-order valence-electron chi connectivity index (χ2n) is 7.46. The van der Waals surface area contributed by atoms with Gasteiger partial charge in [0.2, 0.25) is 0 Å². The van der Waals surface area contributed by atoms with Gasteiger partial charge in [0.1, 0.15) is 0 Å². The zero-order chi connectivity index (χ0) is 15.6. The highest BCUT2D eigenvalue weighted by atomic mass is 35.5. The fraction of sp³-hybridized carbons (Fsp3) is 0.667. The summed E-state index contributed by atoms with van der Waals surface area (Å²) >= 11 is 6.52. The van der Waals surface area contributed by atoms with Gasteiger partial charge >= 0.3 is 0 Å². The van der Waals surface area contributed by atoms with E-state index in [4.69, 9.17) is 17.3 Å². The molecule has 1 aromatic rings. The topological polar surface area (TPSA) is 29.3 Å². The molecule has 2 rings (SSSR count).